The zero-order valence-corrected chi connectivity index (χ0v) is 39.9. The Morgan fingerprint density at radius 1 is 0.565 bits per heavy atom. The Kier molecular flexibility index (Phi) is 19.8. The third-order valence-corrected chi connectivity index (χ3v) is 11.9. The second-order valence-electron chi connectivity index (χ2n) is 18.3. The van der Waals surface area contributed by atoms with E-state index in [2.05, 4.69) is 21.3 Å². The first-order valence-corrected chi connectivity index (χ1v) is 23.2. The standard InChI is InChI=1S/C46H71N9O5S2/c1-26(2)17-33(50)43(58)54-37-24-30(45(5,6)7)22-35(39(37)61-15-12-48)52-41(56)28-19-29(21-32(20-28)60-14-11-47)42(57)53-36-23-31(46(8,9)10)25-38(40(36)62-16-13-49)55-44(59)34(51)18-27(3)4/h19-27,33-34H,11-18,47-51H2,1-10H3,(H,52,56)(H,53,57)(H,54,58)(H,55,59)/t33-,34-/m1/s1. The van der Waals surface area contributed by atoms with Crippen LogP contribution in [0.5, 0.6) is 5.75 Å². The molecule has 0 spiro atoms. The first-order chi connectivity index (χ1) is 29.0. The van der Waals surface area contributed by atoms with E-state index in [0.29, 0.717) is 70.0 Å². The lowest BCUT2D eigenvalue weighted by molar-refractivity contribution is -0.118. The highest BCUT2D eigenvalue weighted by Crippen LogP contribution is 2.41. The van der Waals surface area contributed by atoms with E-state index in [4.69, 9.17) is 33.4 Å². The van der Waals surface area contributed by atoms with Gasteiger partial charge in [-0.25, -0.2) is 0 Å². The molecule has 0 bridgehead atoms. The van der Waals surface area contributed by atoms with Gasteiger partial charge in [-0.15, -0.1) is 23.5 Å². The van der Waals surface area contributed by atoms with Crippen molar-refractivity contribution < 1.29 is 23.9 Å². The van der Waals surface area contributed by atoms with E-state index in [0.717, 1.165) is 11.1 Å². The van der Waals surface area contributed by atoms with Crippen LogP contribution in [0.3, 0.4) is 0 Å². The molecule has 4 amide bonds. The lowest BCUT2D eigenvalue weighted by atomic mass is 9.86. The number of anilines is 4. The second-order valence-corrected chi connectivity index (χ2v) is 20.5. The minimum Gasteiger partial charge on any atom is -0.492 e. The molecule has 0 aliphatic rings. The molecular formula is C46H71N9O5S2. The van der Waals surface area contributed by atoms with Gasteiger partial charge in [0.15, 0.2) is 0 Å². The monoisotopic (exact) mass is 894 g/mol. The molecule has 2 atom stereocenters. The quantitative estimate of drug-likeness (QED) is 0.0498. The van der Waals surface area contributed by atoms with Crippen LogP contribution in [0.4, 0.5) is 22.7 Å². The van der Waals surface area contributed by atoms with Crippen molar-refractivity contribution in [2.24, 2.45) is 40.5 Å². The van der Waals surface area contributed by atoms with Crippen LogP contribution in [-0.2, 0) is 20.4 Å². The van der Waals surface area contributed by atoms with Gasteiger partial charge in [0.2, 0.25) is 11.8 Å². The van der Waals surface area contributed by atoms with Crippen molar-refractivity contribution in [3.05, 3.63) is 64.7 Å². The number of hydrogen-bond acceptors (Lipinski definition) is 12. The number of carbonyl (C=O) groups is 4. The molecule has 0 aliphatic heterocycles. The van der Waals surface area contributed by atoms with E-state index in [1.165, 1.54) is 29.6 Å². The summed E-state index contributed by atoms with van der Waals surface area (Å²) >= 11 is 2.80. The highest BCUT2D eigenvalue weighted by Gasteiger charge is 2.26. The molecule has 14 nitrogen and oxygen atoms in total. The summed E-state index contributed by atoms with van der Waals surface area (Å²) < 4.78 is 5.90. The van der Waals surface area contributed by atoms with Crippen molar-refractivity contribution in [2.45, 2.75) is 115 Å². The predicted octanol–water partition coefficient (Wildman–Crippen LogP) is 6.85. The largest absolute Gasteiger partial charge is 0.492 e. The minimum atomic E-state index is -0.732. The fourth-order valence-corrected chi connectivity index (χ4v) is 8.02. The van der Waals surface area contributed by atoms with Crippen molar-refractivity contribution in [1.82, 2.24) is 0 Å². The van der Waals surface area contributed by atoms with Gasteiger partial charge in [-0.05, 0) is 89.1 Å². The number of benzene rings is 3. The maximum atomic E-state index is 14.4. The van der Waals surface area contributed by atoms with Crippen molar-refractivity contribution in [3.63, 3.8) is 0 Å². The zero-order valence-electron chi connectivity index (χ0n) is 38.3. The van der Waals surface area contributed by atoms with E-state index in [9.17, 15) is 19.2 Å². The molecular weight excluding hydrogens is 823 g/mol. The lowest BCUT2D eigenvalue weighted by Crippen LogP contribution is -2.37. The van der Waals surface area contributed by atoms with Crippen LogP contribution in [-0.4, -0.2) is 73.5 Å². The van der Waals surface area contributed by atoms with E-state index >= 15 is 0 Å². The molecule has 16 heteroatoms. The van der Waals surface area contributed by atoms with E-state index < -0.39 is 23.9 Å². The van der Waals surface area contributed by atoms with Gasteiger partial charge < -0.3 is 54.7 Å². The van der Waals surface area contributed by atoms with Gasteiger partial charge in [-0.2, -0.15) is 0 Å². The fraction of sp³-hybridized carbons (Fsp3) is 0.522. The van der Waals surface area contributed by atoms with E-state index in [1.54, 1.807) is 12.1 Å². The van der Waals surface area contributed by atoms with E-state index in [-0.39, 0.29) is 64.5 Å². The smallest absolute Gasteiger partial charge is 0.255 e. The number of rotatable bonds is 21. The van der Waals surface area contributed by atoms with Crippen LogP contribution < -0.4 is 54.7 Å². The van der Waals surface area contributed by atoms with Crippen LogP contribution in [0.25, 0.3) is 0 Å². The fourth-order valence-electron chi connectivity index (χ4n) is 6.32. The maximum absolute atomic E-state index is 14.4. The van der Waals surface area contributed by atoms with Gasteiger partial charge in [0, 0.05) is 42.3 Å². The van der Waals surface area contributed by atoms with Crippen molar-refractivity contribution in [3.8, 4) is 5.75 Å². The molecule has 14 N–H and O–H groups in total. The SMILES string of the molecule is CC(C)C[C@@H](N)C(=O)Nc1cc(C(C)(C)C)cc(NC(=O)c2cc(OCCN)cc(C(=O)Nc3cc(C(C)(C)C)cc(NC(=O)[C@H](N)CC(C)C)c3SCCN)c2)c1SCCN. The van der Waals surface area contributed by atoms with Gasteiger partial charge in [0.1, 0.15) is 12.4 Å². The van der Waals surface area contributed by atoms with Gasteiger partial charge in [0.05, 0.1) is 44.6 Å². The van der Waals surface area contributed by atoms with Crippen molar-refractivity contribution >= 4 is 69.9 Å². The number of hydrogen-bond donors (Lipinski definition) is 9. The minimum absolute atomic E-state index is 0.136. The molecule has 62 heavy (non-hydrogen) atoms. The lowest BCUT2D eigenvalue weighted by Gasteiger charge is -2.25. The molecule has 0 heterocycles. The Morgan fingerprint density at radius 3 is 1.23 bits per heavy atom. The summed E-state index contributed by atoms with van der Waals surface area (Å²) in [5.41, 5.74) is 33.4. The summed E-state index contributed by atoms with van der Waals surface area (Å²) in [6.45, 7) is 21.3. The normalized spacial score (nSPS) is 12.9. The Morgan fingerprint density at radius 2 is 0.919 bits per heavy atom. The zero-order chi connectivity index (χ0) is 46.5. The highest BCUT2D eigenvalue weighted by atomic mass is 32.2. The molecule has 3 aromatic carbocycles. The summed E-state index contributed by atoms with van der Waals surface area (Å²) in [5.74, 6) is -0.0282. The van der Waals surface area contributed by atoms with Crippen LogP contribution >= 0.6 is 23.5 Å². The van der Waals surface area contributed by atoms with Crippen molar-refractivity contribution in [1.29, 1.82) is 0 Å². The van der Waals surface area contributed by atoms with Crippen LogP contribution in [0, 0.1) is 11.8 Å². The molecule has 0 aromatic heterocycles. The van der Waals surface area contributed by atoms with Crippen molar-refractivity contribution in [2.75, 3.05) is 59.0 Å². The molecule has 0 unspecified atom stereocenters. The summed E-state index contributed by atoms with van der Waals surface area (Å²) in [6.07, 6.45) is 0.998. The molecule has 0 aliphatic carbocycles. The summed E-state index contributed by atoms with van der Waals surface area (Å²) in [7, 11) is 0. The highest BCUT2D eigenvalue weighted by molar-refractivity contribution is 7.99. The predicted molar refractivity (Wildman–Crippen MR) is 259 cm³/mol. The third kappa shape index (κ3) is 15.6. The molecule has 0 saturated heterocycles. The molecule has 3 aromatic rings. The van der Waals surface area contributed by atoms with E-state index in [1.807, 2.05) is 93.5 Å². The maximum Gasteiger partial charge on any atom is 0.255 e. The number of nitrogens with two attached hydrogens (primary N) is 5. The van der Waals surface area contributed by atoms with Gasteiger partial charge in [-0.3, -0.25) is 19.2 Å². The number of carbonyl (C=O) groups excluding carboxylic acids is 4. The van der Waals surface area contributed by atoms with Crippen LogP contribution in [0.1, 0.15) is 114 Å². The Bertz CT molecular complexity index is 1890. The number of nitrogens with one attached hydrogen (secondary N) is 4. The molecule has 0 saturated carbocycles. The topological polar surface area (TPSA) is 256 Å². The molecule has 0 radical (unpaired) electrons. The Balaban J connectivity index is 2.17. The first-order valence-electron chi connectivity index (χ1n) is 21.2. The summed E-state index contributed by atoms with van der Waals surface area (Å²) in [5, 5.41) is 12.2. The molecule has 342 valence electrons. The average Bonchev–Trinajstić information content (AvgIpc) is 3.17. The average molecular weight is 894 g/mol. The summed E-state index contributed by atoms with van der Waals surface area (Å²) in [4.78, 5) is 56.7. The van der Waals surface area contributed by atoms with Gasteiger partial charge in [0.25, 0.3) is 11.8 Å². The van der Waals surface area contributed by atoms with Gasteiger partial charge >= 0.3 is 0 Å². The summed E-state index contributed by atoms with van der Waals surface area (Å²) in [6, 6.07) is 10.7. The second kappa shape index (κ2) is 23.5. The van der Waals surface area contributed by atoms with Crippen LogP contribution in [0.2, 0.25) is 0 Å². The first kappa shape index (κ1) is 52.2. The van der Waals surface area contributed by atoms with Crippen LogP contribution in [0.15, 0.2) is 52.3 Å². The Hall–Kier alpha value is -4.16. The molecule has 3 rings (SSSR count). The number of ether oxygens (including phenoxy) is 1. The molecule has 0 fully saturated rings. The Labute approximate surface area is 377 Å². The number of amides is 4. The number of thioether (sulfide) groups is 2. The van der Waals surface area contributed by atoms with Gasteiger partial charge in [-0.1, -0.05) is 69.2 Å². The third-order valence-electron chi connectivity index (χ3n) is 9.59.